The number of anilines is 1. The van der Waals surface area contributed by atoms with Crippen LogP contribution in [0, 0.1) is 25.5 Å². The summed E-state index contributed by atoms with van der Waals surface area (Å²) in [6.45, 7) is 4.36. The van der Waals surface area contributed by atoms with Crippen LogP contribution >= 0.6 is 11.3 Å². The van der Waals surface area contributed by atoms with Crippen molar-refractivity contribution in [1.82, 2.24) is 4.98 Å². The lowest BCUT2D eigenvalue weighted by atomic mass is 10.3. The number of guanidine groups is 1. The minimum atomic E-state index is -0.580. The van der Waals surface area contributed by atoms with Crippen molar-refractivity contribution in [3.63, 3.8) is 0 Å². The molecular weight excluding hydrogens is 294 g/mol. The van der Waals surface area contributed by atoms with Crippen LogP contribution in [0.4, 0.5) is 14.5 Å². The fourth-order valence-corrected chi connectivity index (χ4v) is 2.78. The Bertz CT molecular complexity index is 667. The van der Waals surface area contributed by atoms with E-state index in [2.05, 4.69) is 15.3 Å². The van der Waals surface area contributed by atoms with E-state index in [9.17, 15) is 8.78 Å². The third kappa shape index (κ3) is 4.22. The summed E-state index contributed by atoms with van der Waals surface area (Å²) in [5.41, 5.74) is 6.64. The molecule has 0 unspecified atom stereocenters. The Labute approximate surface area is 125 Å². The molecule has 0 radical (unpaired) electrons. The molecule has 21 heavy (non-hydrogen) atoms. The monoisotopic (exact) mass is 310 g/mol. The van der Waals surface area contributed by atoms with Crippen molar-refractivity contribution >= 4 is 23.0 Å². The molecule has 2 rings (SSSR count). The van der Waals surface area contributed by atoms with Crippen molar-refractivity contribution in [2.24, 2.45) is 10.7 Å². The highest BCUT2D eigenvalue weighted by Gasteiger charge is 2.06. The molecule has 2 aromatic rings. The molecule has 0 bridgehead atoms. The molecule has 0 atom stereocenters. The fraction of sp³-hybridized carbons (Fsp3) is 0.286. The Morgan fingerprint density at radius 2 is 2.14 bits per heavy atom. The van der Waals surface area contributed by atoms with Gasteiger partial charge in [-0.05, 0) is 26.0 Å². The largest absolute Gasteiger partial charge is 0.370 e. The maximum absolute atomic E-state index is 13.4. The summed E-state index contributed by atoms with van der Waals surface area (Å²) in [5, 5.41) is 3.57. The summed E-state index contributed by atoms with van der Waals surface area (Å²) in [4.78, 5) is 9.59. The molecule has 0 saturated carbocycles. The lowest BCUT2D eigenvalue weighted by Crippen LogP contribution is -2.23. The van der Waals surface area contributed by atoms with E-state index in [0.29, 0.717) is 13.0 Å². The number of halogens is 2. The summed E-state index contributed by atoms with van der Waals surface area (Å²) in [7, 11) is 0. The van der Waals surface area contributed by atoms with E-state index in [1.54, 1.807) is 11.3 Å². The third-order valence-electron chi connectivity index (χ3n) is 2.81. The average molecular weight is 310 g/mol. The highest BCUT2D eigenvalue weighted by molar-refractivity contribution is 7.11. The van der Waals surface area contributed by atoms with Crippen molar-refractivity contribution in [1.29, 1.82) is 0 Å². The molecule has 112 valence electrons. The van der Waals surface area contributed by atoms with E-state index in [0.717, 1.165) is 33.8 Å². The molecule has 0 saturated heterocycles. The van der Waals surface area contributed by atoms with Gasteiger partial charge in [-0.25, -0.2) is 13.8 Å². The van der Waals surface area contributed by atoms with E-state index in [1.165, 1.54) is 0 Å². The molecular formula is C14H16F2N4S. The number of nitrogens with zero attached hydrogens (tertiary/aromatic N) is 2. The Hall–Kier alpha value is -2.02. The summed E-state index contributed by atoms with van der Waals surface area (Å²) in [6.07, 6.45) is 0.714. The summed E-state index contributed by atoms with van der Waals surface area (Å²) in [5.74, 6) is -1.07. The van der Waals surface area contributed by atoms with Gasteiger partial charge in [0.2, 0.25) is 0 Å². The maximum Gasteiger partial charge on any atom is 0.193 e. The third-order valence-corrected chi connectivity index (χ3v) is 3.94. The normalized spacial score (nSPS) is 11.7. The van der Waals surface area contributed by atoms with Gasteiger partial charge in [0.1, 0.15) is 11.6 Å². The van der Waals surface area contributed by atoms with Crippen LogP contribution in [0.25, 0.3) is 0 Å². The van der Waals surface area contributed by atoms with E-state index in [-0.39, 0.29) is 11.6 Å². The SMILES string of the molecule is Cc1nc(C)c(CCN=C(N)Nc2cc(F)ccc2F)s1. The van der Waals surface area contributed by atoms with Gasteiger partial charge in [-0.3, -0.25) is 4.99 Å². The number of aliphatic imine (C=N–C) groups is 1. The van der Waals surface area contributed by atoms with Crippen LogP contribution in [0.15, 0.2) is 23.2 Å². The first-order valence-electron chi connectivity index (χ1n) is 6.40. The second-order valence-electron chi connectivity index (χ2n) is 4.51. The highest BCUT2D eigenvalue weighted by atomic mass is 32.1. The van der Waals surface area contributed by atoms with Crippen molar-refractivity contribution in [3.05, 3.63) is 45.4 Å². The van der Waals surface area contributed by atoms with Gasteiger partial charge < -0.3 is 11.1 Å². The minimum absolute atomic E-state index is 0.0268. The van der Waals surface area contributed by atoms with E-state index < -0.39 is 11.6 Å². The van der Waals surface area contributed by atoms with Gasteiger partial charge >= 0.3 is 0 Å². The van der Waals surface area contributed by atoms with Crippen LogP contribution in [0.2, 0.25) is 0 Å². The topological polar surface area (TPSA) is 63.3 Å². The number of nitrogens with one attached hydrogen (secondary N) is 1. The molecule has 3 N–H and O–H groups in total. The fourth-order valence-electron chi connectivity index (χ4n) is 1.85. The Morgan fingerprint density at radius 3 is 2.81 bits per heavy atom. The van der Waals surface area contributed by atoms with Gasteiger partial charge in [0.05, 0.1) is 16.4 Å². The van der Waals surface area contributed by atoms with Gasteiger partial charge in [-0.15, -0.1) is 11.3 Å². The zero-order chi connectivity index (χ0) is 15.4. The number of nitrogens with two attached hydrogens (primary N) is 1. The Kier molecular flexibility index (Phi) is 4.85. The van der Waals surface area contributed by atoms with Gasteiger partial charge in [0.25, 0.3) is 0 Å². The van der Waals surface area contributed by atoms with Crippen LogP contribution in [-0.2, 0) is 6.42 Å². The first-order valence-corrected chi connectivity index (χ1v) is 7.22. The molecule has 1 aromatic heterocycles. The van der Waals surface area contributed by atoms with Gasteiger partial charge in [0.15, 0.2) is 5.96 Å². The quantitative estimate of drug-likeness (QED) is 0.674. The predicted molar refractivity (Wildman–Crippen MR) is 81.8 cm³/mol. The van der Waals surface area contributed by atoms with Crippen molar-refractivity contribution in [2.45, 2.75) is 20.3 Å². The van der Waals surface area contributed by atoms with Gasteiger partial charge in [0, 0.05) is 23.9 Å². The van der Waals surface area contributed by atoms with Gasteiger partial charge in [-0.2, -0.15) is 0 Å². The first-order chi connectivity index (χ1) is 9.95. The minimum Gasteiger partial charge on any atom is -0.370 e. The molecule has 1 heterocycles. The van der Waals surface area contributed by atoms with Crippen LogP contribution in [0.1, 0.15) is 15.6 Å². The van der Waals surface area contributed by atoms with Crippen molar-refractivity contribution in [3.8, 4) is 0 Å². The van der Waals surface area contributed by atoms with Crippen LogP contribution < -0.4 is 11.1 Å². The second-order valence-corrected chi connectivity index (χ2v) is 5.80. The highest BCUT2D eigenvalue weighted by Crippen LogP contribution is 2.18. The molecule has 7 heteroatoms. The molecule has 0 aliphatic heterocycles. The zero-order valence-electron chi connectivity index (χ0n) is 11.8. The maximum atomic E-state index is 13.4. The van der Waals surface area contributed by atoms with Crippen LogP contribution in [-0.4, -0.2) is 17.5 Å². The number of aromatic nitrogens is 1. The number of benzene rings is 1. The van der Waals surface area contributed by atoms with Crippen molar-refractivity contribution < 1.29 is 8.78 Å². The number of hydrogen-bond acceptors (Lipinski definition) is 3. The Morgan fingerprint density at radius 1 is 1.38 bits per heavy atom. The summed E-state index contributed by atoms with van der Waals surface area (Å²) < 4.78 is 26.5. The van der Waals surface area contributed by atoms with E-state index in [4.69, 9.17) is 5.73 Å². The molecule has 0 aliphatic rings. The zero-order valence-corrected chi connectivity index (χ0v) is 12.6. The van der Waals surface area contributed by atoms with Gasteiger partial charge in [-0.1, -0.05) is 0 Å². The van der Waals surface area contributed by atoms with E-state index in [1.807, 2.05) is 13.8 Å². The predicted octanol–water partition coefficient (Wildman–Crippen LogP) is 3.01. The van der Waals surface area contributed by atoms with E-state index >= 15 is 0 Å². The van der Waals surface area contributed by atoms with Crippen LogP contribution in [0.3, 0.4) is 0 Å². The number of aryl methyl sites for hydroxylation is 2. The summed E-state index contributed by atoms with van der Waals surface area (Å²) >= 11 is 1.62. The number of thiazole rings is 1. The first kappa shape index (κ1) is 15.4. The number of hydrogen-bond donors (Lipinski definition) is 2. The van der Waals surface area contributed by atoms with Crippen LogP contribution in [0.5, 0.6) is 0 Å². The smallest absolute Gasteiger partial charge is 0.193 e. The molecule has 1 aromatic carbocycles. The lowest BCUT2D eigenvalue weighted by molar-refractivity contribution is 0.604. The molecule has 0 spiro atoms. The second kappa shape index (κ2) is 6.62. The standard InChI is InChI=1S/C14H16F2N4S/c1-8-13(21-9(2)19-8)5-6-18-14(17)20-12-7-10(15)3-4-11(12)16/h3-4,7H,5-6H2,1-2H3,(H3,17,18,20). The lowest BCUT2D eigenvalue weighted by Gasteiger charge is -2.06. The Balaban J connectivity index is 1.95. The average Bonchev–Trinajstić information content (AvgIpc) is 2.72. The summed E-state index contributed by atoms with van der Waals surface area (Å²) in [6, 6.07) is 3.12. The number of rotatable bonds is 4. The molecule has 4 nitrogen and oxygen atoms in total. The molecule has 0 amide bonds. The molecule has 0 fully saturated rings. The molecule has 0 aliphatic carbocycles. The van der Waals surface area contributed by atoms with Crippen molar-refractivity contribution in [2.75, 3.05) is 11.9 Å².